The average molecular weight is 275 g/mol. The number of nitrogens with one attached hydrogen (secondary N) is 1. The van der Waals surface area contributed by atoms with E-state index in [1.807, 2.05) is 0 Å². The second-order valence-electron chi connectivity index (χ2n) is 5.73. The van der Waals surface area contributed by atoms with Crippen LogP contribution in [-0.2, 0) is 19.3 Å². The number of sulfone groups is 1. The molecule has 1 spiro atoms. The topological polar surface area (TPSA) is 64.6 Å². The molecule has 3 fully saturated rings. The van der Waals surface area contributed by atoms with Crippen molar-refractivity contribution in [3.63, 3.8) is 0 Å². The minimum atomic E-state index is -2.92. The van der Waals surface area contributed by atoms with Crippen LogP contribution in [0, 0.1) is 5.92 Å². The van der Waals surface area contributed by atoms with Crippen LogP contribution >= 0.6 is 0 Å². The smallest absolute Gasteiger partial charge is 0.153 e. The number of ether oxygens (including phenoxy) is 2. The van der Waals surface area contributed by atoms with Gasteiger partial charge in [-0.1, -0.05) is 0 Å². The Morgan fingerprint density at radius 3 is 2.89 bits per heavy atom. The largest absolute Gasteiger partial charge is 0.381 e. The fourth-order valence-electron chi connectivity index (χ4n) is 3.41. The van der Waals surface area contributed by atoms with Gasteiger partial charge in [0.25, 0.3) is 0 Å². The minimum absolute atomic E-state index is 0.162. The van der Waals surface area contributed by atoms with E-state index < -0.39 is 15.4 Å². The van der Waals surface area contributed by atoms with Crippen LogP contribution in [0.4, 0.5) is 0 Å². The third kappa shape index (κ3) is 2.43. The fourth-order valence-corrected chi connectivity index (χ4v) is 5.38. The van der Waals surface area contributed by atoms with Gasteiger partial charge in [0.2, 0.25) is 0 Å². The molecule has 104 valence electrons. The summed E-state index contributed by atoms with van der Waals surface area (Å²) in [5, 5.41) is 3.47. The number of hydrogen-bond acceptors (Lipinski definition) is 5. The SMILES string of the molecule is O=S1(=O)CCC2(C1)OCCNC2CC1CCOC1. The monoisotopic (exact) mass is 275 g/mol. The van der Waals surface area contributed by atoms with Crippen LogP contribution < -0.4 is 5.32 Å². The van der Waals surface area contributed by atoms with Crippen LogP contribution in [0.1, 0.15) is 19.3 Å². The average Bonchev–Trinajstić information content (AvgIpc) is 2.91. The lowest BCUT2D eigenvalue weighted by Crippen LogP contribution is -2.59. The van der Waals surface area contributed by atoms with Gasteiger partial charge in [0.1, 0.15) is 0 Å². The Balaban J connectivity index is 1.73. The maximum atomic E-state index is 11.8. The summed E-state index contributed by atoms with van der Waals surface area (Å²) in [6.07, 6.45) is 2.69. The van der Waals surface area contributed by atoms with Gasteiger partial charge in [0.15, 0.2) is 9.84 Å². The molecule has 0 aromatic rings. The molecule has 3 rings (SSSR count). The molecule has 0 saturated carbocycles. The van der Waals surface area contributed by atoms with E-state index in [-0.39, 0.29) is 17.5 Å². The van der Waals surface area contributed by atoms with Crippen molar-refractivity contribution in [1.29, 1.82) is 0 Å². The normalized spacial score (nSPS) is 43.6. The fraction of sp³-hybridized carbons (Fsp3) is 1.00. The third-order valence-corrected chi connectivity index (χ3v) is 6.17. The molecule has 0 bridgehead atoms. The molecule has 0 aromatic carbocycles. The van der Waals surface area contributed by atoms with Crippen LogP contribution in [0.3, 0.4) is 0 Å². The molecule has 3 saturated heterocycles. The lowest BCUT2D eigenvalue weighted by Gasteiger charge is -2.42. The van der Waals surface area contributed by atoms with Gasteiger partial charge in [-0.3, -0.25) is 0 Å². The maximum absolute atomic E-state index is 11.8. The van der Waals surface area contributed by atoms with Crippen molar-refractivity contribution in [2.75, 3.05) is 37.9 Å². The molecule has 18 heavy (non-hydrogen) atoms. The van der Waals surface area contributed by atoms with Crippen molar-refractivity contribution in [2.45, 2.75) is 30.9 Å². The van der Waals surface area contributed by atoms with Crippen molar-refractivity contribution in [3.8, 4) is 0 Å². The highest BCUT2D eigenvalue weighted by atomic mass is 32.2. The van der Waals surface area contributed by atoms with Gasteiger partial charge in [-0.05, 0) is 25.2 Å². The Labute approximate surface area is 108 Å². The van der Waals surface area contributed by atoms with Crippen LogP contribution in [-0.4, -0.2) is 57.9 Å². The quantitative estimate of drug-likeness (QED) is 0.766. The summed E-state index contributed by atoms with van der Waals surface area (Å²) in [5.41, 5.74) is -0.473. The lowest BCUT2D eigenvalue weighted by atomic mass is 9.85. The van der Waals surface area contributed by atoms with Crippen molar-refractivity contribution in [2.24, 2.45) is 5.92 Å². The molecule has 5 nitrogen and oxygen atoms in total. The van der Waals surface area contributed by atoms with E-state index in [0.29, 0.717) is 18.9 Å². The van der Waals surface area contributed by atoms with Gasteiger partial charge >= 0.3 is 0 Å². The van der Waals surface area contributed by atoms with Crippen molar-refractivity contribution in [3.05, 3.63) is 0 Å². The van der Waals surface area contributed by atoms with E-state index in [2.05, 4.69) is 5.32 Å². The van der Waals surface area contributed by atoms with E-state index in [1.165, 1.54) is 0 Å². The highest BCUT2D eigenvalue weighted by molar-refractivity contribution is 7.91. The van der Waals surface area contributed by atoms with E-state index in [4.69, 9.17) is 9.47 Å². The Hall–Kier alpha value is -0.170. The van der Waals surface area contributed by atoms with Gasteiger partial charge < -0.3 is 14.8 Å². The summed E-state index contributed by atoms with van der Waals surface area (Å²) in [6, 6.07) is 0.162. The summed E-state index contributed by atoms with van der Waals surface area (Å²) in [5.74, 6) is 1.00. The highest BCUT2D eigenvalue weighted by Crippen LogP contribution is 2.36. The number of morpholine rings is 1. The second-order valence-corrected chi connectivity index (χ2v) is 7.91. The van der Waals surface area contributed by atoms with Crippen molar-refractivity contribution >= 4 is 9.84 Å². The van der Waals surface area contributed by atoms with E-state index in [9.17, 15) is 8.42 Å². The summed E-state index contributed by atoms with van der Waals surface area (Å²) in [7, 11) is -2.92. The minimum Gasteiger partial charge on any atom is -0.381 e. The Bertz CT molecular complexity index is 404. The number of rotatable bonds is 2. The molecular formula is C12H21NO4S. The molecule has 0 aliphatic carbocycles. The van der Waals surface area contributed by atoms with Gasteiger partial charge in [-0.2, -0.15) is 0 Å². The molecule has 0 radical (unpaired) electrons. The van der Waals surface area contributed by atoms with Gasteiger partial charge in [-0.25, -0.2) is 8.42 Å². The molecule has 3 unspecified atom stereocenters. The zero-order valence-electron chi connectivity index (χ0n) is 10.6. The first-order chi connectivity index (χ1) is 8.60. The molecule has 0 aromatic heterocycles. The first-order valence-corrected chi connectivity index (χ1v) is 8.57. The molecule has 3 aliphatic heterocycles. The Morgan fingerprint density at radius 1 is 1.33 bits per heavy atom. The summed E-state index contributed by atoms with van der Waals surface area (Å²) in [6.45, 7) is 3.08. The van der Waals surface area contributed by atoms with Gasteiger partial charge in [0, 0.05) is 25.8 Å². The molecule has 0 amide bonds. The number of hydrogen-bond donors (Lipinski definition) is 1. The van der Waals surface area contributed by atoms with E-state index in [1.54, 1.807) is 0 Å². The van der Waals surface area contributed by atoms with Crippen LogP contribution in [0.25, 0.3) is 0 Å². The van der Waals surface area contributed by atoms with E-state index >= 15 is 0 Å². The summed E-state index contributed by atoms with van der Waals surface area (Å²) < 4.78 is 34.8. The van der Waals surface area contributed by atoms with Crippen LogP contribution in [0.15, 0.2) is 0 Å². The van der Waals surface area contributed by atoms with Crippen molar-refractivity contribution in [1.82, 2.24) is 5.32 Å². The zero-order valence-corrected chi connectivity index (χ0v) is 11.4. The summed E-state index contributed by atoms with van der Waals surface area (Å²) >= 11 is 0. The Morgan fingerprint density at radius 2 is 2.22 bits per heavy atom. The first kappa shape index (κ1) is 12.8. The van der Waals surface area contributed by atoms with Crippen LogP contribution in [0.2, 0.25) is 0 Å². The maximum Gasteiger partial charge on any atom is 0.153 e. The van der Waals surface area contributed by atoms with Gasteiger partial charge in [0.05, 0.1) is 23.7 Å². The Kier molecular flexibility index (Phi) is 3.38. The first-order valence-electron chi connectivity index (χ1n) is 6.75. The highest BCUT2D eigenvalue weighted by Gasteiger charge is 2.50. The van der Waals surface area contributed by atoms with Crippen LogP contribution in [0.5, 0.6) is 0 Å². The standard InChI is InChI=1S/C12H21NO4S/c14-18(15)6-2-12(9-18)11(13-3-5-17-12)7-10-1-4-16-8-10/h10-11,13H,1-9H2. The summed E-state index contributed by atoms with van der Waals surface area (Å²) in [4.78, 5) is 0. The zero-order chi connectivity index (χ0) is 12.6. The molecular weight excluding hydrogens is 254 g/mol. The second kappa shape index (κ2) is 4.74. The van der Waals surface area contributed by atoms with E-state index in [0.717, 1.165) is 32.6 Å². The lowest BCUT2D eigenvalue weighted by molar-refractivity contribution is -0.0837. The predicted octanol–water partition coefficient (Wildman–Crippen LogP) is -0.0413. The third-order valence-electron chi connectivity index (χ3n) is 4.41. The molecule has 6 heteroatoms. The van der Waals surface area contributed by atoms with Crippen molar-refractivity contribution < 1.29 is 17.9 Å². The van der Waals surface area contributed by atoms with Gasteiger partial charge in [-0.15, -0.1) is 0 Å². The molecule has 3 heterocycles. The molecule has 3 aliphatic rings. The molecule has 3 atom stereocenters. The predicted molar refractivity (Wildman–Crippen MR) is 67.3 cm³/mol. The molecule has 1 N–H and O–H groups in total.